The van der Waals surface area contributed by atoms with E-state index in [1.165, 1.54) is 68.7 Å². The van der Waals surface area contributed by atoms with Crippen LogP contribution in [-0.2, 0) is 17.6 Å². The second-order valence-corrected chi connectivity index (χ2v) is 20.6. The number of aromatic nitrogens is 3. The predicted octanol–water partition coefficient (Wildman–Crippen LogP) is 8.25. The third kappa shape index (κ3) is 9.61. The third-order valence-corrected chi connectivity index (χ3v) is 15.7. The molecule has 1 aliphatic carbocycles. The van der Waals surface area contributed by atoms with Crippen molar-refractivity contribution >= 4 is 95.0 Å². The van der Waals surface area contributed by atoms with E-state index in [-0.39, 0.29) is 23.6 Å². The zero-order chi connectivity index (χ0) is 46.8. The summed E-state index contributed by atoms with van der Waals surface area (Å²) in [4.78, 5) is 58.6. The van der Waals surface area contributed by atoms with Gasteiger partial charge in [-0.15, -0.1) is 34.0 Å². The first-order valence-corrected chi connectivity index (χ1v) is 26.0. The Morgan fingerprint density at radius 3 is 2.51 bits per heavy atom. The Bertz CT molecular complexity index is 3080. The molecule has 5 N–H and O–H groups in total. The molecule has 4 aliphatic rings. The number of carbonyl (C=O) groups is 3. The number of nitrogens with zero attached hydrogens (tertiary/aromatic N) is 7. The highest BCUT2D eigenvalue weighted by Crippen LogP contribution is 2.36. The van der Waals surface area contributed by atoms with Crippen LogP contribution in [0.1, 0.15) is 74.5 Å². The standard InChI is InChI=1S/C51H50N12O3S3/c1-30-9-20-40-43(45(69-48(40)55-30)47(65)57-36-16-14-35-26-39(19-15-34(35)25-36)62-27-37-17-18-38(28-62)56-37)52-21-5-6-22-53-46(64)33-12-10-31(11-13-33)41-29-68-51(58-41)63-49(66)44(59-60-50-54-23-24-67-50)42(61-63)32-7-3-2-4-8-32/h2-4,7-13,15,19-20,23-24,26,29,36-38,52,56H,5-6,14,16-18,21-22,25,27-28H2,1H3,(H,53,64)(H,54,60)(H,57,65)/b59-44+/t36-,37-,38+/m0/s1. The van der Waals surface area contributed by atoms with Gasteiger partial charge in [-0.2, -0.15) is 15.2 Å². The minimum Gasteiger partial charge on any atom is -0.383 e. The highest BCUT2D eigenvalue weighted by Gasteiger charge is 2.36. The molecule has 0 unspecified atom stereocenters. The van der Waals surface area contributed by atoms with Crippen molar-refractivity contribution < 1.29 is 14.4 Å². The SMILES string of the molecule is Cc1ccc2c(NCCCCNC(=O)c3ccc(-c4csc(N5N=C(c6ccccc6)/C(=N\Nc6nccs6)C5=O)n4)cc3)c(C(=O)N[C@H]3CCc4cc(N5C[C@H]6CC[C@@H](C5)N6)ccc4C3)sc2n1. The van der Waals surface area contributed by atoms with Crippen molar-refractivity contribution in [1.29, 1.82) is 0 Å². The van der Waals surface area contributed by atoms with E-state index in [1.54, 1.807) is 18.3 Å². The summed E-state index contributed by atoms with van der Waals surface area (Å²) in [6.45, 7) is 5.25. The first-order valence-electron chi connectivity index (χ1n) is 23.4. The molecule has 350 valence electrons. The summed E-state index contributed by atoms with van der Waals surface area (Å²) >= 11 is 4.10. The maximum absolute atomic E-state index is 14.0. The molecule has 18 heteroatoms. The lowest BCUT2D eigenvalue weighted by atomic mass is 9.87. The van der Waals surface area contributed by atoms with Crippen LogP contribution in [0, 0.1) is 6.92 Å². The number of hydrogen-bond donors (Lipinski definition) is 5. The van der Waals surface area contributed by atoms with Gasteiger partial charge in [-0.1, -0.05) is 48.5 Å². The summed E-state index contributed by atoms with van der Waals surface area (Å²) in [5, 5.41) is 29.6. The van der Waals surface area contributed by atoms with Gasteiger partial charge in [0.05, 0.1) is 11.4 Å². The second-order valence-electron chi connectivity index (χ2n) is 17.8. The van der Waals surface area contributed by atoms with Crippen LogP contribution in [0.5, 0.6) is 0 Å². The fraction of sp³-hybridized carbons (Fsp3) is 0.294. The van der Waals surface area contributed by atoms with Crippen LogP contribution >= 0.6 is 34.0 Å². The topological polar surface area (TPSA) is 181 Å². The van der Waals surface area contributed by atoms with Crippen molar-refractivity contribution in [3.63, 3.8) is 0 Å². The number of fused-ring (bicyclic) bond motifs is 4. The summed E-state index contributed by atoms with van der Waals surface area (Å²) in [5.74, 6) is -0.645. The van der Waals surface area contributed by atoms with E-state index < -0.39 is 5.91 Å². The smallest absolute Gasteiger partial charge is 0.303 e. The molecule has 69 heavy (non-hydrogen) atoms. The number of hydrazone groups is 2. The number of unbranched alkanes of at least 4 members (excludes halogenated alkanes) is 1. The van der Waals surface area contributed by atoms with Gasteiger partial charge in [-0.05, 0) is 99.4 Å². The zero-order valence-electron chi connectivity index (χ0n) is 37.9. The Balaban J connectivity index is 0.671. The summed E-state index contributed by atoms with van der Waals surface area (Å²) in [6, 6.07) is 28.9. The van der Waals surface area contributed by atoms with Crippen LogP contribution in [0.3, 0.4) is 0 Å². The highest BCUT2D eigenvalue weighted by molar-refractivity contribution is 7.21. The molecule has 11 rings (SSSR count). The van der Waals surface area contributed by atoms with Crippen LogP contribution in [0.25, 0.3) is 21.5 Å². The fourth-order valence-corrected chi connectivity index (χ4v) is 11.9. The number of anilines is 4. The molecule has 3 amide bonds. The molecule has 15 nitrogen and oxygen atoms in total. The molecule has 2 saturated heterocycles. The number of carbonyl (C=O) groups excluding carboxylic acids is 3. The van der Waals surface area contributed by atoms with Crippen LogP contribution < -0.4 is 36.6 Å². The normalized spacial score (nSPS) is 19.2. The summed E-state index contributed by atoms with van der Waals surface area (Å²) in [7, 11) is 0. The van der Waals surface area contributed by atoms with Gasteiger partial charge in [0.25, 0.3) is 11.8 Å². The molecule has 2 bridgehead atoms. The van der Waals surface area contributed by atoms with Crippen LogP contribution in [-0.4, -0.2) is 88.4 Å². The van der Waals surface area contributed by atoms with Crippen molar-refractivity contribution in [2.45, 2.75) is 70.0 Å². The molecule has 2 fully saturated rings. The third-order valence-electron chi connectivity index (χ3n) is 13.1. The lowest BCUT2D eigenvalue weighted by Gasteiger charge is -2.35. The molecule has 0 saturated carbocycles. The lowest BCUT2D eigenvalue weighted by Crippen LogP contribution is -2.51. The summed E-state index contributed by atoms with van der Waals surface area (Å²) in [5.41, 5.74) is 12.0. The molecule has 3 aliphatic heterocycles. The number of benzene rings is 3. The summed E-state index contributed by atoms with van der Waals surface area (Å²) in [6.07, 6.45) is 8.40. The Labute approximate surface area is 411 Å². The minimum atomic E-state index is -0.409. The van der Waals surface area contributed by atoms with Crippen molar-refractivity contribution in [2.75, 3.05) is 46.8 Å². The number of amides is 3. The largest absolute Gasteiger partial charge is 0.383 e. The van der Waals surface area contributed by atoms with E-state index in [0.29, 0.717) is 57.3 Å². The maximum Gasteiger partial charge on any atom is 0.303 e. The Morgan fingerprint density at radius 1 is 0.870 bits per heavy atom. The number of piperazine rings is 1. The molecular weight excluding hydrogens is 925 g/mol. The van der Waals surface area contributed by atoms with Gasteiger partial charge < -0.3 is 26.2 Å². The van der Waals surface area contributed by atoms with E-state index in [0.717, 1.165) is 77.9 Å². The Kier molecular flexibility index (Phi) is 12.7. The monoisotopic (exact) mass is 974 g/mol. The number of thiazole rings is 2. The van der Waals surface area contributed by atoms with E-state index in [4.69, 9.17) is 9.97 Å². The zero-order valence-corrected chi connectivity index (χ0v) is 40.4. The number of pyridine rings is 1. The highest BCUT2D eigenvalue weighted by atomic mass is 32.1. The van der Waals surface area contributed by atoms with E-state index in [9.17, 15) is 14.4 Å². The van der Waals surface area contributed by atoms with Gasteiger partial charge in [0, 0.05) is 94.7 Å². The first kappa shape index (κ1) is 44.6. The van der Waals surface area contributed by atoms with E-state index in [2.05, 4.69) is 65.0 Å². The molecule has 4 aromatic heterocycles. The van der Waals surface area contributed by atoms with Crippen molar-refractivity contribution in [3.05, 3.63) is 135 Å². The van der Waals surface area contributed by atoms with Crippen LogP contribution in [0.4, 0.5) is 21.6 Å². The maximum atomic E-state index is 14.0. The molecule has 0 radical (unpaired) electrons. The van der Waals surface area contributed by atoms with Crippen molar-refractivity contribution in [1.82, 2.24) is 30.9 Å². The first-order chi connectivity index (χ1) is 33.8. The molecular formula is C51H50N12O3S3. The van der Waals surface area contributed by atoms with Gasteiger partial charge in [-0.25, -0.2) is 15.0 Å². The van der Waals surface area contributed by atoms with Gasteiger partial charge in [0.15, 0.2) is 5.71 Å². The average molecular weight is 975 g/mol. The van der Waals surface area contributed by atoms with Gasteiger partial charge in [0.1, 0.15) is 15.4 Å². The van der Waals surface area contributed by atoms with Gasteiger partial charge in [0.2, 0.25) is 10.3 Å². The summed E-state index contributed by atoms with van der Waals surface area (Å²) < 4.78 is 0. The number of rotatable bonds is 15. The van der Waals surface area contributed by atoms with Crippen LogP contribution in [0.2, 0.25) is 0 Å². The minimum absolute atomic E-state index is 0.0581. The van der Waals surface area contributed by atoms with E-state index >= 15 is 0 Å². The molecule has 0 spiro atoms. The van der Waals surface area contributed by atoms with Crippen molar-refractivity contribution in [3.8, 4) is 11.3 Å². The van der Waals surface area contributed by atoms with Gasteiger partial charge >= 0.3 is 5.91 Å². The molecule has 7 heterocycles. The number of thiophene rings is 1. The molecule has 3 atom stereocenters. The number of nitrogens with one attached hydrogen (secondary N) is 5. The average Bonchev–Trinajstić information content (AvgIpc) is 4.24. The Hall–Kier alpha value is -6.86. The van der Waals surface area contributed by atoms with Crippen molar-refractivity contribution in [2.24, 2.45) is 10.2 Å². The lowest BCUT2D eigenvalue weighted by molar-refractivity contribution is -0.112. The van der Waals surface area contributed by atoms with E-state index in [1.807, 2.05) is 72.3 Å². The van der Waals surface area contributed by atoms with Crippen LogP contribution in [0.15, 0.2) is 112 Å². The van der Waals surface area contributed by atoms with Gasteiger partial charge in [-0.3, -0.25) is 19.8 Å². The molecule has 7 aromatic rings. The second kappa shape index (κ2) is 19.6. The fourth-order valence-electron chi connectivity index (χ4n) is 9.58. The molecule has 3 aromatic carbocycles. The Morgan fingerprint density at radius 2 is 1.70 bits per heavy atom. The number of hydrogen-bond acceptors (Lipinski definition) is 15. The number of aryl methyl sites for hydroxylation is 2. The predicted molar refractivity (Wildman–Crippen MR) is 277 cm³/mol. The quantitative estimate of drug-likeness (QED) is 0.0496.